The van der Waals surface area contributed by atoms with Crippen molar-refractivity contribution in [2.24, 2.45) is 0 Å². The van der Waals surface area contributed by atoms with Crippen LogP contribution in [-0.4, -0.2) is 27.6 Å². The van der Waals surface area contributed by atoms with Crippen LogP contribution in [0.3, 0.4) is 0 Å². The van der Waals surface area contributed by atoms with Gasteiger partial charge in [0.1, 0.15) is 17.3 Å². The molecular weight excluding hydrogens is 401 g/mol. The molecule has 11 heteroatoms. The lowest BCUT2D eigenvalue weighted by Gasteiger charge is -2.13. The van der Waals surface area contributed by atoms with Crippen LogP contribution in [0, 0.1) is 11.6 Å². The first-order valence-electron chi connectivity index (χ1n) is 8.37. The quantitative estimate of drug-likeness (QED) is 0.449. The molecule has 154 valence electrons. The fraction of sp³-hybridized carbons (Fsp3) is 0.278. The van der Waals surface area contributed by atoms with Crippen LogP contribution in [-0.2, 0) is 15.7 Å². The highest BCUT2D eigenvalue weighted by Crippen LogP contribution is 2.36. The maximum atomic E-state index is 14.0. The highest BCUT2D eigenvalue weighted by Gasteiger charge is 2.33. The van der Waals surface area contributed by atoms with Crippen molar-refractivity contribution in [1.29, 1.82) is 0 Å². The number of esters is 1. The Bertz CT molecular complexity index is 1040. The van der Waals surface area contributed by atoms with Crippen LogP contribution in [0.2, 0.25) is 0 Å². The number of aromatic nitrogens is 3. The summed E-state index contributed by atoms with van der Waals surface area (Å²) in [5, 5.41) is 7.74. The third-order valence-electron chi connectivity index (χ3n) is 3.98. The average Bonchev–Trinajstić information content (AvgIpc) is 3.06. The van der Waals surface area contributed by atoms with E-state index in [9.17, 15) is 26.7 Å². The molecule has 0 saturated carbocycles. The number of alkyl halides is 3. The van der Waals surface area contributed by atoms with Crippen molar-refractivity contribution in [3.63, 3.8) is 0 Å². The molecule has 29 heavy (non-hydrogen) atoms. The van der Waals surface area contributed by atoms with Crippen LogP contribution < -0.4 is 4.74 Å². The Kier molecular flexibility index (Phi) is 5.40. The predicted octanol–water partition coefficient (Wildman–Crippen LogP) is 4.64. The largest absolute Gasteiger partial charge is 0.464 e. The molecule has 0 aliphatic heterocycles. The van der Waals surface area contributed by atoms with E-state index in [1.807, 2.05) is 0 Å². The van der Waals surface area contributed by atoms with E-state index in [0.717, 1.165) is 0 Å². The molecule has 3 aromatic rings. The van der Waals surface area contributed by atoms with E-state index in [1.54, 1.807) is 6.92 Å². The van der Waals surface area contributed by atoms with Crippen molar-refractivity contribution in [2.75, 3.05) is 6.61 Å². The second-order valence-corrected chi connectivity index (χ2v) is 5.98. The number of hydrogen-bond donors (Lipinski definition) is 0. The lowest BCUT2D eigenvalue weighted by atomic mass is 10.2. The second-order valence-electron chi connectivity index (χ2n) is 5.98. The van der Waals surface area contributed by atoms with E-state index >= 15 is 0 Å². The summed E-state index contributed by atoms with van der Waals surface area (Å²) in [6.07, 6.45) is -4.90. The van der Waals surface area contributed by atoms with Crippen LogP contribution in [0.5, 0.6) is 11.5 Å². The number of ether oxygens (including phenoxy) is 2. The number of carbonyl (C=O) groups is 1. The van der Waals surface area contributed by atoms with Gasteiger partial charge >= 0.3 is 12.1 Å². The number of halogens is 5. The first-order chi connectivity index (χ1) is 13.6. The lowest BCUT2D eigenvalue weighted by molar-refractivity contribution is -0.146. The second kappa shape index (κ2) is 7.64. The summed E-state index contributed by atoms with van der Waals surface area (Å²) in [5.74, 6) is -4.66. The summed E-state index contributed by atoms with van der Waals surface area (Å²) < 4.78 is 77.3. The van der Waals surface area contributed by atoms with Gasteiger partial charge in [0.15, 0.2) is 17.4 Å². The number of nitrogens with zero attached hydrogens (tertiary/aromatic N) is 3. The molecule has 1 unspecified atom stereocenters. The SMILES string of the molecule is CCOC(=O)C(C)n1nnc2ccc(Oc3c(F)cc(C(F)(F)F)cc3F)cc21. The zero-order valence-corrected chi connectivity index (χ0v) is 15.1. The number of fused-ring (bicyclic) bond motifs is 1. The van der Waals surface area contributed by atoms with Gasteiger partial charge in [0.25, 0.3) is 0 Å². The first kappa shape index (κ1) is 20.5. The fourth-order valence-electron chi connectivity index (χ4n) is 2.57. The Morgan fingerprint density at radius 1 is 1.17 bits per heavy atom. The Labute approximate surface area is 160 Å². The van der Waals surface area contributed by atoms with Gasteiger partial charge in [-0.05, 0) is 38.1 Å². The Balaban J connectivity index is 1.96. The molecule has 0 amide bonds. The van der Waals surface area contributed by atoms with Crippen LogP contribution in [0.4, 0.5) is 22.0 Å². The molecule has 0 spiro atoms. The molecule has 2 aromatic carbocycles. The van der Waals surface area contributed by atoms with Crippen LogP contribution in [0.25, 0.3) is 11.0 Å². The number of carbonyl (C=O) groups excluding carboxylic acids is 1. The molecule has 1 atom stereocenters. The monoisotopic (exact) mass is 415 g/mol. The normalized spacial score (nSPS) is 12.8. The van der Waals surface area contributed by atoms with Gasteiger partial charge in [-0.1, -0.05) is 5.21 Å². The lowest BCUT2D eigenvalue weighted by Crippen LogP contribution is -2.20. The molecule has 0 saturated heterocycles. The third kappa shape index (κ3) is 4.13. The van der Waals surface area contributed by atoms with Crippen LogP contribution in [0.1, 0.15) is 25.5 Å². The third-order valence-corrected chi connectivity index (χ3v) is 3.98. The molecule has 6 nitrogen and oxygen atoms in total. The highest BCUT2D eigenvalue weighted by molar-refractivity contribution is 5.80. The molecule has 0 aliphatic rings. The zero-order chi connectivity index (χ0) is 21.3. The van der Waals surface area contributed by atoms with E-state index in [4.69, 9.17) is 9.47 Å². The predicted molar refractivity (Wildman–Crippen MR) is 90.3 cm³/mol. The maximum absolute atomic E-state index is 14.0. The summed E-state index contributed by atoms with van der Waals surface area (Å²) in [4.78, 5) is 11.9. The summed E-state index contributed by atoms with van der Waals surface area (Å²) in [6, 6.07) is 3.49. The molecule has 1 heterocycles. The van der Waals surface area contributed by atoms with Gasteiger partial charge in [-0.3, -0.25) is 0 Å². The summed E-state index contributed by atoms with van der Waals surface area (Å²) in [7, 11) is 0. The molecule has 1 aromatic heterocycles. The molecule has 0 N–H and O–H groups in total. The highest BCUT2D eigenvalue weighted by atomic mass is 19.4. The van der Waals surface area contributed by atoms with Gasteiger partial charge in [0.05, 0.1) is 17.7 Å². The van der Waals surface area contributed by atoms with Crippen molar-refractivity contribution in [1.82, 2.24) is 15.0 Å². The van der Waals surface area contributed by atoms with Gasteiger partial charge < -0.3 is 9.47 Å². The molecule has 0 radical (unpaired) electrons. The van der Waals surface area contributed by atoms with Crippen LogP contribution in [0.15, 0.2) is 30.3 Å². The summed E-state index contributed by atoms with van der Waals surface area (Å²) in [6.45, 7) is 3.33. The van der Waals surface area contributed by atoms with Crippen molar-refractivity contribution in [3.05, 3.63) is 47.5 Å². The van der Waals surface area contributed by atoms with E-state index in [2.05, 4.69) is 10.3 Å². The van der Waals surface area contributed by atoms with Crippen molar-refractivity contribution >= 4 is 17.0 Å². The minimum Gasteiger partial charge on any atom is -0.464 e. The Hall–Kier alpha value is -3.24. The molecule has 3 rings (SSSR count). The molecule has 0 aliphatic carbocycles. The van der Waals surface area contributed by atoms with Crippen molar-refractivity contribution < 1.29 is 36.2 Å². The maximum Gasteiger partial charge on any atom is 0.416 e. The van der Waals surface area contributed by atoms with Gasteiger partial charge in [0.2, 0.25) is 0 Å². The van der Waals surface area contributed by atoms with E-state index < -0.39 is 41.1 Å². The number of benzene rings is 2. The standard InChI is InChI=1S/C18H14F5N3O3/c1-3-28-17(27)9(2)26-15-8-11(4-5-14(15)24-25-26)29-16-12(19)6-10(7-13(16)20)18(21,22)23/h4-9H,3H2,1-2H3. The van der Waals surface area contributed by atoms with Crippen molar-refractivity contribution in [2.45, 2.75) is 26.1 Å². The summed E-state index contributed by atoms with van der Waals surface area (Å²) in [5.41, 5.74) is -0.807. The van der Waals surface area contributed by atoms with Gasteiger partial charge in [-0.15, -0.1) is 5.10 Å². The van der Waals surface area contributed by atoms with Gasteiger partial charge in [-0.2, -0.15) is 13.2 Å². The zero-order valence-electron chi connectivity index (χ0n) is 15.1. The van der Waals surface area contributed by atoms with Crippen molar-refractivity contribution in [3.8, 4) is 11.5 Å². The van der Waals surface area contributed by atoms with Gasteiger partial charge in [-0.25, -0.2) is 18.3 Å². The molecule has 0 bridgehead atoms. The smallest absolute Gasteiger partial charge is 0.416 e. The Morgan fingerprint density at radius 2 is 1.83 bits per heavy atom. The van der Waals surface area contributed by atoms with Crippen LogP contribution >= 0.6 is 0 Å². The topological polar surface area (TPSA) is 66.2 Å². The Morgan fingerprint density at radius 3 is 2.41 bits per heavy atom. The minimum atomic E-state index is -4.90. The average molecular weight is 415 g/mol. The summed E-state index contributed by atoms with van der Waals surface area (Å²) >= 11 is 0. The first-order valence-corrected chi connectivity index (χ1v) is 8.37. The van der Waals surface area contributed by atoms with E-state index in [-0.39, 0.29) is 24.5 Å². The van der Waals surface area contributed by atoms with E-state index in [0.29, 0.717) is 11.0 Å². The molecule has 0 fully saturated rings. The number of hydrogen-bond acceptors (Lipinski definition) is 5. The molecular formula is C18H14F5N3O3. The minimum absolute atomic E-state index is 0.0883. The van der Waals surface area contributed by atoms with Gasteiger partial charge in [0, 0.05) is 6.07 Å². The number of rotatable bonds is 5. The fourth-order valence-corrected chi connectivity index (χ4v) is 2.57. The van der Waals surface area contributed by atoms with E-state index in [1.165, 1.54) is 29.8 Å².